The van der Waals surface area contributed by atoms with Gasteiger partial charge in [0.25, 0.3) is 0 Å². The highest BCUT2D eigenvalue weighted by atomic mass is 19.4. The highest BCUT2D eigenvalue weighted by Crippen LogP contribution is 2.31. The average Bonchev–Trinajstić information content (AvgIpc) is 3.40. The highest BCUT2D eigenvalue weighted by molar-refractivity contribution is 5.89. The van der Waals surface area contributed by atoms with Crippen LogP contribution < -0.4 is 5.32 Å². The van der Waals surface area contributed by atoms with E-state index in [9.17, 15) is 18.0 Å². The van der Waals surface area contributed by atoms with Gasteiger partial charge in [0.2, 0.25) is 5.82 Å². The number of para-hydroxylation sites is 2. The molecule has 1 N–H and O–H groups in total. The summed E-state index contributed by atoms with van der Waals surface area (Å²) < 4.78 is 47.7. The van der Waals surface area contributed by atoms with Crippen LogP contribution in [0.3, 0.4) is 0 Å². The molecule has 0 spiro atoms. The van der Waals surface area contributed by atoms with Crippen molar-refractivity contribution in [3.8, 4) is 0 Å². The van der Waals surface area contributed by atoms with Gasteiger partial charge in [-0.3, -0.25) is 9.48 Å². The molecular formula is C18H16F3N7O2. The van der Waals surface area contributed by atoms with E-state index in [1.165, 1.54) is 12.1 Å². The van der Waals surface area contributed by atoms with E-state index in [1.807, 2.05) is 6.92 Å². The average molecular weight is 419 g/mol. The van der Waals surface area contributed by atoms with Crippen molar-refractivity contribution >= 4 is 16.9 Å². The molecule has 0 aliphatic carbocycles. The Balaban J connectivity index is 1.54. The molecule has 0 aliphatic heterocycles. The smallest absolute Gasteiger partial charge is 0.344 e. The summed E-state index contributed by atoms with van der Waals surface area (Å²) in [4.78, 5) is 19.8. The fourth-order valence-corrected chi connectivity index (χ4v) is 2.97. The van der Waals surface area contributed by atoms with Crippen LogP contribution in [0.2, 0.25) is 0 Å². The third kappa shape index (κ3) is 3.63. The summed E-state index contributed by atoms with van der Waals surface area (Å²) in [5.41, 5.74) is 2.16. The van der Waals surface area contributed by atoms with Gasteiger partial charge in [0.05, 0.1) is 23.8 Å². The zero-order chi connectivity index (χ0) is 21.5. The number of halogens is 3. The van der Waals surface area contributed by atoms with Crippen LogP contribution in [-0.4, -0.2) is 35.4 Å². The van der Waals surface area contributed by atoms with Gasteiger partial charge >= 0.3 is 18.0 Å². The van der Waals surface area contributed by atoms with Gasteiger partial charge in [-0.15, -0.1) is 0 Å². The summed E-state index contributed by atoms with van der Waals surface area (Å²) in [6.07, 6.45) is -3.04. The maximum atomic E-state index is 13.4. The third-order valence-electron chi connectivity index (χ3n) is 4.65. The number of carbonyl (C=O) groups is 1. The molecule has 12 heteroatoms. The lowest BCUT2D eigenvalue weighted by atomic mass is 10.2. The van der Waals surface area contributed by atoms with Gasteiger partial charge in [-0.2, -0.15) is 23.3 Å². The zero-order valence-electron chi connectivity index (χ0n) is 15.9. The molecule has 3 aromatic heterocycles. The molecule has 156 valence electrons. The topological polar surface area (TPSA) is 104 Å². The second kappa shape index (κ2) is 7.28. The number of benzene rings is 1. The molecule has 30 heavy (non-hydrogen) atoms. The Morgan fingerprint density at radius 2 is 2.00 bits per heavy atom. The number of hydrogen-bond donors (Lipinski definition) is 1. The van der Waals surface area contributed by atoms with Gasteiger partial charge < -0.3 is 14.4 Å². The molecule has 0 aliphatic rings. The first-order valence-corrected chi connectivity index (χ1v) is 8.84. The molecule has 4 aromatic rings. The fourth-order valence-electron chi connectivity index (χ4n) is 2.97. The van der Waals surface area contributed by atoms with Crippen LogP contribution in [-0.2, 0) is 26.3 Å². The number of aromatic nitrogens is 6. The summed E-state index contributed by atoms with van der Waals surface area (Å²) in [7, 11) is 1.78. The molecule has 0 saturated carbocycles. The number of rotatable bonds is 5. The Morgan fingerprint density at radius 3 is 2.70 bits per heavy atom. The first-order chi connectivity index (χ1) is 14.2. The monoisotopic (exact) mass is 419 g/mol. The summed E-state index contributed by atoms with van der Waals surface area (Å²) >= 11 is 0. The first-order valence-electron chi connectivity index (χ1n) is 8.84. The molecule has 3 heterocycles. The molecule has 0 radical (unpaired) electrons. The van der Waals surface area contributed by atoms with Gasteiger partial charge in [-0.25, -0.2) is 4.98 Å². The molecule has 0 bridgehead atoms. The maximum absolute atomic E-state index is 13.4. The van der Waals surface area contributed by atoms with Gasteiger partial charge in [0.1, 0.15) is 0 Å². The van der Waals surface area contributed by atoms with Crippen molar-refractivity contribution in [2.75, 3.05) is 0 Å². The van der Waals surface area contributed by atoms with E-state index in [2.05, 4.69) is 25.5 Å². The number of aryl methyl sites for hydroxylation is 1. The van der Waals surface area contributed by atoms with Gasteiger partial charge in [0.15, 0.2) is 5.82 Å². The normalized spacial score (nSPS) is 11.9. The number of amides is 1. The quantitative estimate of drug-likeness (QED) is 0.533. The number of fused-ring (bicyclic) bond motifs is 1. The predicted molar refractivity (Wildman–Crippen MR) is 97.3 cm³/mol. The second-order valence-electron chi connectivity index (χ2n) is 6.59. The fraction of sp³-hybridized carbons (Fsp3) is 0.278. The molecule has 9 nitrogen and oxygen atoms in total. The maximum Gasteiger partial charge on any atom is 0.449 e. The molecule has 1 aromatic carbocycles. The number of carbonyl (C=O) groups excluding carboxylic acids is 1. The van der Waals surface area contributed by atoms with Crippen LogP contribution in [0.4, 0.5) is 13.2 Å². The third-order valence-corrected chi connectivity index (χ3v) is 4.65. The molecule has 1 amide bonds. The number of hydrogen-bond acceptors (Lipinski definition) is 6. The minimum absolute atomic E-state index is 0.0774. The van der Waals surface area contributed by atoms with Crippen LogP contribution in [0.1, 0.15) is 33.6 Å². The molecule has 0 saturated heterocycles. The lowest BCUT2D eigenvalue weighted by molar-refractivity contribution is -0.146. The SMILES string of the molecule is Cc1c(CNC(=O)c2nc(Cn3c(C(F)(F)F)nc4ccccc43)no2)cnn1C. The Bertz CT molecular complexity index is 1220. The molecular weight excluding hydrogens is 403 g/mol. The largest absolute Gasteiger partial charge is 0.449 e. The van der Waals surface area contributed by atoms with Crippen molar-refractivity contribution in [2.45, 2.75) is 26.2 Å². The molecule has 0 atom stereocenters. The lowest BCUT2D eigenvalue weighted by Gasteiger charge is -2.09. The van der Waals surface area contributed by atoms with E-state index in [0.717, 1.165) is 15.8 Å². The van der Waals surface area contributed by atoms with Crippen LogP contribution >= 0.6 is 0 Å². The summed E-state index contributed by atoms with van der Waals surface area (Å²) in [5.74, 6) is -2.13. The predicted octanol–water partition coefficient (Wildman–Crippen LogP) is 2.46. The van der Waals surface area contributed by atoms with Crippen molar-refractivity contribution in [3.63, 3.8) is 0 Å². The zero-order valence-corrected chi connectivity index (χ0v) is 15.9. The van der Waals surface area contributed by atoms with E-state index in [4.69, 9.17) is 4.52 Å². The molecule has 0 fully saturated rings. The van der Waals surface area contributed by atoms with E-state index >= 15 is 0 Å². The lowest BCUT2D eigenvalue weighted by Crippen LogP contribution is -2.23. The van der Waals surface area contributed by atoms with E-state index in [-0.39, 0.29) is 35.8 Å². The Labute approximate surface area is 167 Å². The van der Waals surface area contributed by atoms with E-state index < -0.39 is 17.9 Å². The second-order valence-corrected chi connectivity index (χ2v) is 6.59. The van der Waals surface area contributed by atoms with Crippen molar-refractivity contribution in [2.24, 2.45) is 7.05 Å². The molecule has 0 unspecified atom stereocenters. The van der Waals surface area contributed by atoms with Gasteiger partial charge in [0, 0.05) is 24.8 Å². The minimum Gasteiger partial charge on any atom is -0.344 e. The number of imidazole rings is 1. The highest BCUT2D eigenvalue weighted by Gasteiger charge is 2.38. The Hall–Kier alpha value is -3.70. The number of nitrogens with one attached hydrogen (secondary N) is 1. The van der Waals surface area contributed by atoms with Gasteiger partial charge in [-0.1, -0.05) is 17.3 Å². The van der Waals surface area contributed by atoms with Crippen molar-refractivity contribution in [1.29, 1.82) is 0 Å². The van der Waals surface area contributed by atoms with Crippen LogP contribution in [0.5, 0.6) is 0 Å². The minimum atomic E-state index is -4.66. The first kappa shape index (κ1) is 19.6. The van der Waals surface area contributed by atoms with Crippen molar-refractivity contribution in [1.82, 2.24) is 34.8 Å². The summed E-state index contributed by atoms with van der Waals surface area (Å²) in [5, 5.41) is 10.3. The van der Waals surface area contributed by atoms with Crippen LogP contribution in [0, 0.1) is 6.92 Å². The number of alkyl halides is 3. The Morgan fingerprint density at radius 1 is 1.23 bits per heavy atom. The standard InChI is InChI=1S/C18H16F3N7O2/c1-10-11(8-23-27(10)2)7-22-15(29)16-25-14(26-30-16)9-28-13-6-4-3-5-12(13)24-17(28)18(19,20)21/h3-6,8H,7,9H2,1-2H3,(H,22,29). The summed E-state index contributed by atoms with van der Waals surface area (Å²) in [6, 6.07) is 6.20. The van der Waals surface area contributed by atoms with Gasteiger partial charge in [-0.05, 0) is 19.1 Å². The van der Waals surface area contributed by atoms with Crippen LogP contribution in [0.25, 0.3) is 11.0 Å². The van der Waals surface area contributed by atoms with E-state index in [0.29, 0.717) is 0 Å². The Kier molecular flexibility index (Phi) is 4.76. The van der Waals surface area contributed by atoms with Crippen molar-refractivity contribution < 1.29 is 22.5 Å². The number of nitrogens with zero attached hydrogens (tertiary/aromatic N) is 6. The van der Waals surface area contributed by atoms with Crippen LogP contribution in [0.15, 0.2) is 35.0 Å². The van der Waals surface area contributed by atoms with E-state index in [1.54, 1.807) is 30.1 Å². The molecule has 4 rings (SSSR count). The van der Waals surface area contributed by atoms with Crippen molar-refractivity contribution in [3.05, 3.63) is 59.3 Å². The summed E-state index contributed by atoms with van der Waals surface area (Å²) in [6.45, 7) is 1.70.